The maximum Gasteiger partial charge on any atom is 0.138 e. The number of hydrogen-bond acceptors (Lipinski definition) is 7. The summed E-state index contributed by atoms with van der Waals surface area (Å²) in [6.07, 6.45) is 2.52. The first-order valence-corrected chi connectivity index (χ1v) is 11.6. The molecule has 8 nitrogen and oxygen atoms in total. The van der Waals surface area contributed by atoms with Gasteiger partial charge in [-0.05, 0) is 42.0 Å². The maximum absolute atomic E-state index is 12.2. The first-order chi connectivity index (χ1) is 16.5. The van der Waals surface area contributed by atoms with E-state index in [0.717, 1.165) is 57.5 Å². The number of piperazine rings is 1. The average molecular weight is 479 g/mol. The number of carbonyl (C=O) groups excluding carboxylic acids is 1. The number of anilines is 1. The number of nitrogens with two attached hydrogens (primary N) is 1. The summed E-state index contributed by atoms with van der Waals surface area (Å²) in [6.45, 7) is 3.30. The number of fused-ring (bicyclic) bond motifs is 2. The van der Waals surface area contributed by atoms with Gasteiger partial charge in [-0.25, -0.2) is 9.97 Å². The highest BCUT2D eigenvalue weighted by atomic mass is 35.5. The molecule has 0 aliphatic carbocycles. The van der Waals surface area contributed by atoms with Gasteiger partial charge >= 0.3 is 0 Å². The molecule has 2 atom stereocenters. The van der Waals surface area contributed by atoms with Crippen LogP contribution in [-0.2, 0) is 22.6 Å². The highest BCUT2D eigenvalue weighted by Gasteiger charge is 2.34. The number of carbonyl (C=O) groups is 1. The molecule has 0 amide bonds. The maximum atomic E-state index is 12.2. The fourth-order valence-electron chi connectivity index (χ4n) is 4.88. The van der Waals surface area contributed by atoms with Crippen LogP contribution >= 0.6 is 11.6 Å². The summed E-state index contributed by atoms with van der Waals surface area (Å²) in [7, 11) is 1.70. The van der Waals surface area contributed by atoms with Crippen molar-refractivity contribution in [2.45, 2.75) is 25.2 Å². The molecule has 176 valence electrons. The number of nitrogen functional groups attached to an aromatic ring is 1. The number of ether oxygens (including phenoxy) is 1. The predicted octanol–water partition coefficient (Wildman–Crippen LogP) is 3.25. The number of H-pyrrole nitrogens is 1. The Kier molecular flexibility index (Phi) is 6.47. The quantitative estimate of drug-likeness (QED) is 0.393. The zero-order chi connectivity index (χ0) is 23.7. The van der Waals surface area contributed by atoms with Crippen LogP contribution in [0.5, 0.6) is 0 Å². The Balaban J connectivity index is 1.35. The average Bonchev–Trinajstić information content (AvgIpc) is 3.22. The van der Waals surface area contributed by atoms with Gasteiger partial charge in [0.1, 0.15) is 18.4 Å². The van der Waals surface area contributed by atoms with Crippen LogP contribution < -0.4 is 5.73 Å². The Bertz CT molecular complexity index is 1330. The van der Waals surface area contributed by atoms with Crippen molar-refractivity contribution in [1.29, 1.82) is 0 Å². The van der Waals surface area contributed by atoms with Crippen molar-refractivity contribution in [1.82, 2.24) is 24.8 Å². The molecule has 1 aliphatic rings. The summed E-state index contributed by atoms with van der Waals surface area (Å²) in [6, 6.07) is 13.8. The summed E-state index contributed by atoms with van der Waals surface area (Å²) in [5, 5.41) is 2.63. The third-order valence-electron chi connectivity index (χ3n) is 6.45. The van der Waals surface area contributed by atoms with Crippen LogP contribution in [0.4, 0.5) is 5.82 Å². The number of aldehydes is 1. The Labute approximate surface area is 202 Å². The van der Waals surface area contributed by atoms with Gasteiger partial charge in [0.15, 0.2) is 0 Å². The van der Waals surface area contributed by atoms with Crippen molar-refractivity contribution in [2.24, 2.45) is 0 Å². The first-order valence-electron chi connectivity index (χ1n) is 11.2. The fourth-order valence-corrected chi connectivity index (χ4v) is 5.06. The van der Waals surface area contributed by atoms with E-state index in [0.29, 0.717) is 25.5 Å². The number of halogens is 1. The molecule has 3 N–H and O–H groups in total. The Hall–Kier alpha value is -3.04. The van der Waals surface area contributed by atoms with E-state index < -0.39 is 0 Å². The van der Waals surface area contributed by atoms with Gasteiger partial charge < -0.3 is 20.2 Å². The minimum absolute atomic E-state index is 0.0685. The number of aromatic nitrogens is 3. The van der Waals surface area contributed by atoms with E-state index in [1.54, 1.807) is 7.11 Å². The Morgan fingerprint density at radius 1 is 1.18 bits per heavy atom. The van der Waals surface area contributed by atoms with Gasteiger partial charge in [0.05, 0.1) is 18.2 Å². The van der Waals surface area contributed by atoms with E-state index in [1.165, 1.54) is 6.33 Å². The molecule has 1 saturated heterocycles. The van der Waals surface area contributed by atoms with Crippen LogP contribution in [-0.4, -0.2) is 69.9 Å². The lowest BCUT2D eigenvalue weighted by Gasteiger charge is -2.44. The van der Waals surface area contributed by atoms with Crippen LogP contribution in [0.3, 0.4) is 0 Å². The summed E-state index contributed by atoms with van der Waals surface area (Å²) in [5.74, 6) is 0.465. The predicted molar refractivity (Wildman–Crippen MR) is 134 cm³/mol. The largest absolute Gasteiger partial charge is 0.383 e. The molecule has 1 fully saturated rings. The molecule has 9 heteroatoms. The summed E-state index contributed by atoms with van der Waals surface area (Å²) in [5.41, 5.74) is 9.99. The van der Waals surface area contributed by atoms with Gasteiger partial charge in [0, 0.05) is 66.3 Å². The number of methoxy groups -OCH3 is 1. The number of benzene rings is 2. The molecular weight excluding hydrogens is 452 g/mol. The van der Waals surface area contributed by atoms with Crippen molar-refractivity contribution in [2.75, 3.05) is 32.5 Å². The van der Waals surface area contributed by atoms with Crippen LogP contribution in [0.2, 0.25) is 5.02 Å². The molecule has 1 unspecified atom stereocenters. The molecule has 0 bridgehead atoms. The van der Waals surface area contributed by atoms with Gasteiger partial charge in [-0.15, -0.1) is 0 Å². The number of rotatable bonds is 7. The second-order valence-corrected chi connectivity index (χ2v) is 9.25. The zero-order valence-corrected chi connectivity index (χ0v) is 19.7. The normalized spacial score (nSPS) is 19.7. The van der Waals surface area contributed by atoms with Crippen molar-refractivity contribution < 1.29 is 9.53 Å². The van der Waals surface area contributed by atoms with Gasteiger partial charge in [-0.2, -0.15) is 0 Å². The SMILES string of the molecule is COC[C@H]1CN(Cc2cc3cc(Cl)ccc3[nH]2)CC(C=O)N1Cc1ccc2c(N)ncnc2c1. The monoisotopic (exact) mass is 478 g/mol. The van der Waals surface area contributed by atoms with E-state index in [-0.39, 0.29) is 12.1 Å². The van der Waals surface area contributed by atoms with E-state index in [1.807, 2.05) is 36.4 Å². The number of nitrogens with one attached hydrogen (secondary N) is 1. The Morgan fingerprint density at radius 2 is 2.06 bits per heavy atom. The molecule has 2 aromatic carbocycles. The first kappa shape index (κ1) is 22.7. The van der Waals surface area contributed by atoms with Crippen LogP contribution in [0.1, 0.15) is 11.3 Å². The molecule has 0 radical (unpaired) electrons. The van der Waals surface area contributed by atoms with Crippen LogP contribution in [0.15, 0.2) is 48.8 Å². The molecule has 5 rings (SSSR count). The van der Waals surface area contributed by atoms with E-state index in [2.05, 4.69) is 30.8 Å². The second-order valence-electron chi connectivity index (χ2n) is 8.82. The van der Waals surface area contributed by atoms with Crippen molar-refractivity contribution >= 4 is 45.5 Å². The van der Waals surface area contributed by atoms with Crippen LogP contribution in [0.25, 0.3) is 21.8 Å². The highest BCUT2D eigenvalue weighted by molar-refractivity contribution is 6.31. The highest BCUT2D eigenvalue weighted by Crippen LogP contribution is 2.25. The second kappa shape index (κ2) is 9.68. The zero-order valence-electron chi connectivity index (χ0n) is 18.9. The van der Waals surface area contributed by atoms with Gasteiger partial charge in [0.2, 0.25) is 0 Å². The summed E-state index contributed by atoms with van der Waals surface area (Å²) in [4.78, 5) is 28.6. The van der Waals surface area contributed by atoms with Gasteiger partial charge in [-0.1, -0.05) is 17.7 Å². The molecule has 1 aliphatic heterocycles. The van der Waals surface area contributed by atoms with Crippen LogP contribution in [0, 0.1) is 0 Å². The minimum atomic E-state index is -0.251. The standard InChI is InChI=1S/C25H27ClN6O2/c1-34-14-21-12-31(10-19-8-17-7-18(26)3-5-23(17)30-19)11-20(13-33)32(21)9-16-2-4-22-24(6-16)28-15-29-25(22)27/h2-8,13,15,20-21,30H,9-12,14H2,1H3,(H2,27,28,29)/t20?,21-/m1/s1. The topological polar surface area (TPSA) is 100 Å². The lowest BCUT2D eigenvalue weighted by molar-refractivity contribution is -0.118. The molecule has 0 saturated carbocycles. The number of nitrogens with zero attached hydrogens (tertiary/aromatic N) is 4. The van der Waals surface area contributed by atoms with E-state index in [4.69, 9.17) is 22.1 Å². The van der Waals surface area contributed by atoms with Gasteiger partial charge in [0.25, 0.3) is 0 Å². The van der Waals surface area contributed by atoms with Crippen molar-refractivity contribution in [3.8, 4) is 0 Å². The molecule has 2 aromatic heterocycles. The van der Waals surface area contributed by atoms with E-state index >= 15 is 0 Å². The molecule has 0 spiro atoms. The lowest BCUT2D eigenvalue weighted by Crippen LogP contribution is -2.59. The molecular formula is C25H27ClN6O2. The third-order valence-corrected chi connectivity index (χ3v) is 6.69. The van der Waals surface area contributed by atoms with Gasteiger partial charge in [-0.3, -0.25) is 9.80 Å². The number of aromatic amines is 1. The van der Waals surface area contributed by atoms with E-state index in [9.17, 15) is 4.79 Å². The van der Waals surface area contributed by atoms with Crippen molar-refractivity contribution in [3.05, 3.63) is 65.1 Å². The fraction of sp³-hybridized carbons (Fsp3) is 0.320. The summed E-state index contributed by atoms with van der Waals surface area (Å²) >= 11 is 6.14. The molecule has 34 heavy (non-hydrogen) atoms. The van der Waals surface area contributed by atoms with Crippen molar-refractivity contribution in [3.63, 3.8) is 0 Å². The third kappa shape index (κ3) is 4.63. The molecule has 4 aromatic rings. The Morgan fingerprint density at radius 3 is 2.88 bits per heavy atom. The summed E-state index contributed by atoms with van der Waals surface area (Å²) < 4.78 is 5.54. The number of hydrogen-bond donors (Lipinski definition) is 2. The smallest absolute Gasteiger partial charge is 0.138 e. The minimum Gasteiger partial charge on any atom is -0.383 e. The molecule has 3 heterocycles. The lowest BCUT2D eigenvalue weighted by atomic mass is 10.0.